The molecule has 1 saturated carbocycles. The lowest BCUT2D eigenvalue weighted by atomic mass is 10.1. The monoisotopic (exact) mass is 200 g/mol. The number of benzene rings is 1. The van der Waals surface area contributed by atoms with Crippen LogP contribution in [0.25, 0.3) is 0 Å². The lowest BCUT2D eigenvalue weighted by molar-refractivity contribution is 0.150. The molecule has 1 aromatic rings. The zero-order chi connectivity index (χ0) is 10.3. The Morgan fingerprint density at radius 2 is 1.79 bits per heavy atom. The molecule has 0 heterocycles. The molecule has 0 spiro atoms. The van der Waals surface area contributed by atoms with Crippen LogP contribution < -0.4 is 0 Å². The van der Waals surface area contributed by atoms with Gasteiger partial charge in [0.15, 0.2) is 11.6 Å². The quantitative estimate of drug-likeness (QED) is 0.763. The maximum Gasteiger partial charge on any atom is 0.162 e. The number of aliphatic hydroxyl groups is 1. The number of halogens is 2. The molecule has 0 unspecified atom stereocenters. The first-order chi connectivity index (χ1) is 6.50. The molecule has 14 heavy (non-hydrogen) atoms. The molecule has 0 radical (unpaired) electrons. The van der Waals surface area contributed by atoms with E-state index in [9.17, 15) is 19.0 Å². The molecule has 0 amide bonds. The van der Waals surface area contributed by atoms with Crippen molar-refractivity contribution in [2.75, 3.05) is 0 Å². The van der Waals surface area contributed by atoms with Crippen molar-refractivity contribution >= 4 is 0 Å². The summed E-state index contributed by atoms with van der Waals surface area (Å²) in [4.78, 5) is 0. The van der Waals surface area contributed by atoms with Crippen molar-refractivity contribution in [2.45, 2.75) is 24.9 Å². The van der Waals surface area contributed by atoms with E-state index < -0.39 is 17.2 Å². The Bertz CT molecular complexity index is 373. The molecule has 2 nitrogen and oxygen atoms in total. The summed E-state index contributed by atoms with van der Waals surface area (Å²) in [5.74, 6) is -2.37. The molecule has 4 heteroatoms. The smallest absolute Gasteiger partial charge is 0.162 e. The van der Waals surface area contributed by atoms with E-state index >= 15 is 0 Å². The highest BCUT2D eigenvalue weighted by Crippen LogP contribution is 2.40. The van der Waals surface area contributed by atoms with Crippen LogP contribution in [-0.4, -0.2) is 15.8 Å². The predicted molar refractivity (Wildman–Crippen MR) is 45.9 cm³/mol. The van der Waals surface area contributed by atoms with Crippen molar-refractivity contribution in [3.8, 4) is 5.75 Å². The second-order valence-corrected chi connectivity index (χ2v) is 3.80. The maximum absolute atomic E-state index is 12.8. The summed E-state index contributed by atoms with van der Waals surface area (Å²) < 4.78 is 25.4. The maximum atomic E-state index is 12.8. The fourth-order valence-corrected chi connectivity index (χ4v) is 1.39. The molecule has 0 aliphatic heterocycles. The molecule has 0 aromatic heterocycles. The molecule has 1 fully saturated rings. The molecule has 0 bridgehead atoms. The summed E-state index contributed by atoms with van der Waals surface area (Å²) in [6.45, 7) is 0. The van der Waals surface area contributed by atoms with Gasteiger partial charge in [-0.25, -0.2) is 8.78 Å². The molecule has 2 N–H and O–H groups in total. The Morgan fingerprint density at radius 3 is 2.36 bits per heavy atom. The summed E-state index contributed by atoms with van der Waals surface area (Å²) in [5.41, 5.74) is -0.564. The van der Waals surface area contributed by atoms with Crippen LogP contribution in [-0.2, 0) is 6.42 Å². The molecule has 76 valence electrons. The van der Waals surface area contributed by atoms with E-state index in [1.54, 1.807) is 0 Å². The van der Waals surface area contributed by atoms with Gasteiger partial charge in [0.2, 0.25) is 0 Å². The van der Waals surface area contributed by atoms with Crippen molar-refractivity contribution in [2.24, 2.45) is 0 Å². The molecule has 1 aromatic carbocycles. The van der Waals surface area contributed by atoms with Gasteiger partial charge in [-0.05, 0) is 24.5 Å². The standard InChI is InChI=1S/C10H10F2O2/c11-7-3-6(5-10(14)1-2-10)9(13)4-8(7)12/h3-4,13-14H,1-2,5H2. The van der Waals surface area contributed by atoms with Crippen LogP contribution in [0.2, 0.25) is 0 Å². The first-order valence-electron chi connectivity index (χ1n) is 4.39. The first-order valence-corrected chi connectivity index (χ1v) is 4.39. The van der Waals surface area contributed by atoms with Crippen molar-refractivity contribution < 1.29 is 19.0 Å². The van der Waals surface area contributed by atoms with E-state index in [1.165, 1.54) is 0 Å². The lowest BCUT2D eigenvalue weighted by Gasteiger charge is -2.09. The van der Waals surface area contributed by atoms with Crippen LogP contribution in [0.3, 0.4) is 0 Å². The molecule has 0 saturated heterocycles. The minimum absolute atomic E-state index is 0.177. The van der Waals surface area contributed by atoms with Gasteiger partial charge in [0, 0.05) is 12.5 Å². The fourth-order valence-electron chi connectivity index (χ4n) is 1.39. The van der Waals surface area contributed by atoms with Crippen molar-refractivity contribution in [3.05, 3.63) is 29.3 Å². The number of hydrogen-bond acceptors (Lipinski definition) is 2. The Balaban J connectivity index is 2.29. The highest BCUT2D eigenvalue weighted by atomic mass is 19.2. The van der Waals surface area contributed by atoms with Gasteiger partial charge in [0.25, 0.3) is 0 Å². The van der Waals surface area contributed by atoms with Crippen molar-refractivity contribution in [1.82, 2.24) is 0 Å². The summed E-state index contributed by atoms with van der Waals surface area (Å²) in [5, 5.41) is 18.8. The van der Waals surface area contributed by atoms with E-state index in [2.05, 4.69) is 0 Å². The SMILES string of the molecule is Oc1cc(F)c(F)cc1CC1(O)CC1. The highest BCUT2D eigenvalue weighted by Gasteiger charge is 2.40. The van der Waals surface area contributed by atoms with Gasteiger partial charge in [-0.3, -0.25) is 0 Å². The van der Waals surface area contributed by atoms with Gasteiger partial charge in [-0.1, -0.05) is 0 Å². The van der Waals surface area contributed by atoms with E-state index in [-0.39, 0.29) is 17.7 Å². The Morgan fingerprint density at radius 1 is 1.21 bits per heavy atom. The van der Waals surface area contributed by atoms with Gasteiger partial charge in [-0.15, -0.1) is 0 Å². The number of hydrogen-bond donors (Lipinski definition) is 2. The summed E-state index contributed by atoms with van der Waals surface area (Å²) in [6.07, 6.45) is 1.47. The minimum Gasteiger partial charge on any atom is -0.508 e. The molecule has 1 aliphatic carbocycles. The van der Waals surface area contributed by atoms with Crippen molar-refractivity contribution in [3.63, 3.8) is 0 Å². The summed E-state index contributed by atoms with van der Waals surface area (Å²) >= 11 is 0. The van der Waals surface area contributed by atoms with Crippen LogP contribution in [0.4, 0.5) is 8.78 Å². The molecular formula is C10H10F2O2. The zero-order valence-corrected chi connectivity index (χ0v) is 7.43. The van der Waals surface area contributed by atoms with E-state index in [0.717, 1.165) is 12.1 Å². The molecule has 1 aliphatic rings. The average molecular weight is 200 g/mol. The topological polar surface area (TPSA) is 40.5 Å². The molecule has 0 atom stereocenters. The van der Waals surface area contributed by atoms with Crippen LogP contribution in [0.15, 0.2) is 12.1 Å². The van der Waals surface area contributed by atoms with Gasteiger partial charge in [0.05, 0.1) is 5.60 Å². The van der Waals surface area contributed by atoms with Gasteiger partial charge >= 0.3 is 0 Å². The molecule has 2 rings (SSSR count). The summed E-state index contributed by atoms with van der Waals surface area (Å²) in [6, 6.07) is 1.66. The van der Waals surface area contributed by atoms with Gasteiger partial charge in [0.1, 0.15) is 5.75 Å². The lowest BCUT2D eigenvalue weighted by Crippen LogP contribution is -2.11. The number of rotatable bonds is 2. The Hall–Kier alpha value is -1.16. The van der Waals surface area contributed by atoms with E-state index in [4.69, 9.17) is 0 Å². The fraction of sp³-hybridized carbons (Fsp3) is 0.400. The Kier molecular flexibility index (Phi) is 1.96. The predicted octanol–water partition coefficient (Wildman–Crippen LogP) is 1.74. The van der Waals surface area contributed by atoms with E-state index in [1.807, 2.05) is 0 Å². The number of aromatic hydroxyl groups is 1. The third-order valence-corrected chi connectivity index (χ3v) is 2.47. The van der Waals surface area contributed by atoms with Crippen molar-refractivity contribution in [1.29, 1.82) is 0 Å². The highest BCUT2D eigenvalue weighted by molar-refractivity contribution is 5.35. The van der Waals surface area contributed by atoms with Crippen LogP contribution in [0, 0.1) is 11.6 Å². The zero-order valence-electron chi connectivity index (χ0n) is 7.43. The van der Waals surface area contributed by atoms with Crippen LogP contribution in [0.5, 0.6) is 5.75 Å². The minimum atomic E-state index is -1.07. The second-order valence-electron chi connectivity index (χ2n) is 3.80. The number of phenolic OH excluding ortho intramolecular Hbond substituents is 1. The third-order valence-electron chi connectivity index (χ3n) is 2.47. The van der Waals surface area contributed by atoms with Gasteiger partial charge < -0.3 is 10.2 Å². The normalized spacial score (nSPS) is 18.2. The average Bonchev–Trinajstić information content (AvgIpc) is 2.80. The molecular weight excluding hydrogens is 190 g/mol. The number of phenols is 1. The van der Waals surface area contributed by atoms with Crippen LogP contribution in [0.1, 0.15) is 18.4 Å². The third kappa shape index (κ3) is 1.70. The summed E-state index contributed by atoms with van der Waals surface area (Å²) in [7, 11) is 0. The largest absolute Gasteiger partial charge is 0.508 e. The van der Waals surface area contributed by atoms with Gasteiger partial charge in [-0.2, -0.15) is 0 Å². The van der Waals surface area contributed by atoms with E-state index in [0.29, 0.717) is 12.8 Å². The Labute approximate surface area is 79.8 Å². The van der Waals surface area contributed by atoms with Crippen LogP contribution >= 0.6 is 0 Å². The first kappa shape index (κ1) is 9.40. The second kappa shape index (κ2) is 2.92.